The van der Waals surface area contributed by atoms with Crippen LogP contribution in [0, 0.1) is 17.3 Å². The molecule has 1 aromatic carbocycles. The second kappa shape index (κ2) is 7.23. The van der Waals surface area contributed by atoms with Crippen LogP contribution in [-0.2, 0) is 20.7 Å². The molecule has 5 atom stereocenters. The van der Waals surface area contributed by atoms with Crippen LogP contribution in [-0.4, -0.2) is 18.0 Å². The van der Waals surface area contributed by atoms with Gasteiger partial charge in [0.1, 0.15) is 11.9 Å². The van der Waals surface area contributed by atoms with Gasteiger partial charge in [0, 0.05) is 17.6 Å². The van der Waals surface area contributed by atoms with Crippen molar-refractivity contribution in [3.63, 3.8) is 0 Å². The minimum atomic E-state index is -0.423. The van der Waals surface area contributed by atoms with Crippen molar-refractivity contribution < 1.29 is 19.1 Å². The maximum absolute atomic E-state index is 11.8. The number of carbonyl (C=O) groups excluding carboxylic acids is 2. The fourth-order valence-corrected chi connectivity index (χ4v) is 6.11. The van der Waals surface area contributed by atoms with Gasteiger partial charge in [0.15, 0.2) is 0 Å². The molecule has 0 bridgehead atoms. The maximum Gasteiger partial charge on any atom is 0.335 e. The summed E-state index contributed by atoms with van der Waals surface area (Å²) in [6.45, 7) is 9.31. The topological polar surface area (TPSA) is 52.6 Å². The number of carbonyl (C=O) groups is 2. The summed E-state index contributed by atoms with van der Waals surface area (Å²) in [4.78, 5) is 23.3. The van der Waals surface area contributed by atoms with E-state index in [1.165, 1.54) is 23.3 Å². The van der Waals surface area contributed by atoms with E-state index >= 15 is 0 Å². The molecule has 0 amide bonds. The first-order valence-corrected chi connectivity index (χ1v) is 10.3. The molecular formula is C24H28O4. The van der Waals surface area contributed by atoms with Crippen molar-refractivity contribution in [2.24, 2.45) is 17.3 Å². The highest BCUT2D eigenvalue weighted by atomic mass is 16.5. The van der Waals surface area contributed by atoms with Gasteiger partial charge in [-0.2, -0.15) is 0 Å². The van der Waals surface area contributed by atoms with Gasteiger partial charge in [-0.25, -0.2) is 9.59 Å². The Hall–Kier alpha value is -2.36. The minimum absolute atomic E-state index is 0.00559. The summed E-state index contributed by atoms with van der Waals surface area (Å²) < 4.78 is 11.0. The zero-order valence-electron chi connectivity index (χ0n) is 16.5. The molecule has 2 saturated carbocycles. The standard InChI is InChI=1S/C24H28O4/c1-4-22(25)27-16-7-9-17-15(14-16)6-8-19-18(17)12-13-24(3)20(19)10-11-21(24)28-23(26)5-2/h4-5,7,9,14,18-21H,1-2,6,8,10-13H2,3H3/t18-,19-,20+,21+,24+/m1/s1. The van der Waals surface area contributed by atoms with Crippen molar-refractivity contribution in [2.45, 2.75) is 57.5 Å². The Labute approximate surface area is 166 Å². The lowest BCUT2D eigenvalue weighted by Gasteiger charge is -2.50. The lowest BCUT2D eigenvalue weighted by molar-refractivity contribution is -0.151. The van der Waals surface area contributed by atoms with Crippen molar-refractivity contribution in [1.29, 1.82) is 0 Å². The van der Waals surface area contributed by atoms with Crippen LogP contribution < -0.4 is 4.74 Å². The largest absolute Gasteiger partial charge is 0.459 e. The molecule has 0 aliphatic heterocycles. The molecule has 4 heteroatoms. The van der Waals surface area contributed by atoms with Crippen molar-refractivity contribution in [3.05, 3.63) is 54.6 Å². The maximum atomic E-state index is 11.8. The highest BCUT2D eigenvalue weighted by molar-refractivity contribution is 5.83. The fraction of sp³-hybridized carbons (Fsp3) is 0.500. The van der Waals surface area contributed by atoms with Gasteiger partial charge in [-0.3, -0.25) is 0 Å². The Morgan fingerprint density at radius 3 is 2.64 bits per heavy atom. The molecule has 4 rings (SSSR count). The fourth-order valence-electron chi connectivity index (χ4n) is 6.11. The third kappa shape index (κ3) is 3.09. The van der Waals surface area contributed by atoms with E-state index < -0.39 is 5.97 Å². The lowest BCUT2D eigenvalue weighted by atomic mass is 9.55. The molecule has 3 aliphatic rings. The van der Waals surface area contributed by atoms with Crippen LogP contribution >= 0.6 is 0 Å². The molecule has 4 nitrogen and oxygen atoms in total. The number of ether oxygens (including phenoxy) is 2. The van der Waals surface area contributed by atoms with Gasteiger partial charge in [0.05, 0.1) is 0 Å². The summed E-state index contributed by atoms with van der Waals surface area (Å²) in [5.41, 5.74) is 2.77. The first kappa shape index (κ1) is 19.0. The zero-order chi connectivity index (χ0) is 19.9. The summed E-state index contributed by atoms with van der Waals surface area (Å²) >= 11 is 0. The van der Waals surface area contributed by atoms with Crippen molar-refractivity contribution in [1.82, 2.24) is 0 Å². The van der Waals surface area contributed by atoms with Crippen molar-refractivity contribution in [3.8, 4) is 5.75 Å². The highest BCUT2D eigenvalue weighted by Gasteiger charge is 2.56. The first-order chi connectivity index (χ1) is 13.5. The Bertz CT molecular complexity index is 826. The summed E-state index contributed by atoms with van der Waals surface area (Å²) in [6, 6.07) is 6.06. The summed E-state index contributed by atoms with van der Waals surface area (Å²) in [5.74, 6) is 1.62. The minimum Gasteiger partial charge on any atom is -0.459 e. The van der Waals surface area contributed by atoms with E-state index in [1.807, 2.05) is 12.1 Å². The highest BCUT2D eigenvalue weighted by Crippen LogP contribution is 2.61. The van der Waals surface area contributed by atoms with Crippen molar-refractivity contribution >= 4 is 11.9 Å². The molecule has 0 radical (unpaired) electrons. The van der Waals surface area contributed by atoms with Gasteiger partial charge in [0.25, 0.3) is 0 Å². The predicted octanol–water partition coefficient (Wildman–Crippen LogP) is 4.73. The van der Waals surface area contributed by atoms with Gasteiger partial charge in [0.2, 0.25) is 0 Å². The van der Waals surface area contributed by atoms with E-state index in [0.29, 0.717) is 23.5 Å². The second-order valence-electron chi connectivity index (χ2n) is 8.65. The first-order valence-electron chi connectivity index (χ1n) is 10.3. The monoisotopic (exact) mass is 380 g/mol. The second-order valence-corrected chi connectivity index (χ2v) is 8.65. The van der Waals surface area contributed by atoms with Crippen molar-refractivity contribution in [2.75, 3.05) is 0 Å². The van der Waals surface area contributed by atoms with E-state index in [4.69, 9.17) is 9.47 Å². The number of esters is 2. The number of hydrogen-bond donors (Lipinski definition) is 0. The molecule has 1 aromatic rings. The normalized spacial score (nSPS) is 33.0. The smallest absolute Gasteiger partial charge is 0.335 e. The van der Waals surface area contributed by atoms with Crippen LogP contribution in [0.1, 0.15) is 56.1 Å². The molecular weight excluding hydrogens is 352 g/mol. The Morgan fingerprint density at radius 2 is 1.89 bits per heavy atom. The summed E-state index contributed by atoms with van der Waals surface area (Å²) in [7, 11) is 0. The number of aryl methyl sites for hydroxylation is 1. The SMILES string of the molecule is C=CC(=O)Oc1ccc2c(c1)CC[C@@H]1[C@@H]2CC[C@]2(C)[C@@H](OC(=O)C=C)CC[C@@H]12. The molecule has 0 aromatic heterocycles. The number of benzene rings is 1. The molecule has 0 unspecified atom stereocenters. The number of hydrogen-bond acceptors (Lipinski definition) is 4. The lowest BCUT2D eigenvalue weighted by Crippen LogP contribution is -2.45. The molecule has 2 fully saturated rings. The third-order valence-electron chi connectivity index (χ3n) is 7.42. The van der Waals surface area contributed by atoms with Gasteiger partial charge in [-0.15, -0.1) is 0 Å². The predicted molar refractivity (Wildman–Crippen MR) is 107 cm³/mol. The van der Waals surface area contributed by atoms with Gasteiger partial charge < -0.3 is 9.47 Å². The molecule has 148 valence electrons. The van der Waals surface area contributed by atoms with Crippen LogP contribution in [0.5, 0.6) is 5.75 Å². The van der Waals surface area contributed by atoms with Gasteiger partial charge in [-0.1, -0.05) is 26.1 Å². The quantitative estimate of drug-likeness (QED) is 0.430. The van der Waals surface area contributed by atoms with Crippen LogP contribution in [0.15, 0.2) is 43.5 Å². The summed E-state index contributed by atoms with van der Waals surface area (Å²) in [6.07, 6.45) is 8.86. The number of rotatable bonds is 4. The van der Waals surface area contributed by atoms with Crippen LogP contribution in [0.4, 0.5) is 0 Å². The Kier molecular flexibility index (Phi) is 4.90. The summed E-state index contributed by atoms with van der Waals surface area (Å²) in [5, 5.41) is 0. The van der Waals surface area contributed by atoms with E-state index in [-0.39, 0.29) is 17.5 Å². The molecule has 0 saturated heterocycles. The van der Waals surface area contributed by atoms with Gasteiger partial charge >= 0.3 is 11.9 Å². The van der Waals surface area contributed by atoms with Gasteiger partial charge in [-0.05, 0) is 79.5 Å². The van der Waals surface area contributed by atoms with E-state index in [2.05, 4.69) is 26.1 Å². The molecule has 0 N–H and O–H groups in total. The molecule has 3 aliphatic carbocycles. The zero-order valence-corrected chi connectivity index (χ0v) is 16.5. The van der Waals surface area contributed by atoms with Crippen LogP contribution in [0.2, 0.25) is 0 Å². The van der Waals surface area contributed by atoms with E-state index in [1.54, 1.807) is 0 Å². The average Bonchev–Trinajstić information content (AvgIpc) is 3.03. The Balaban J connectivity index is 1.55. The Morgan fingerprint density at radius 1 is 1.11 bits per heavy atom. The number of fused-ring (bicyclic) bond motifs is 5. The third-order valence-corrected chi connectivity index (χ3v) is 7.42. The van der Waals surface area contributed by atoms with Crippen LogP contribution in [0.25, 0.3) is 0 Å². The molecule has 0 heterocycles. The molecule has 0 spiro atoms. The molecule has 28 heavy (non-hydrogen) atoms. The van der Waals surface area contributed by atoms with E-state index in [9.17, 15) is 9.59 Å². The van der Waals surface area contributed by atoms with E-state index in [0.717, 1.165) is 38.5 Å². The van der Waals surface area contributed by atoms with Crippen LogP contribution in [0.3, 0.4) is 0 Å². The average molecular weight is 380 g/mol.